The minimum atomic E-state index is -4.15. The summed E-state index contributed by atoms with van der Waals surface area (Å²) in [6, 6.07) is 14.7. The van der Waals surface area contributed by atoms with Crippen LogP contribution in [0, 0.1) is 5.92 Å². The van der Waals surface area contributed by atoms with Gasteiger partial charge < -0.3 is 30.0 Å². The van der Waals surface area contributed by atoms with Crippen LogP contribution in [0.1, 0.15) is 25.8 Å². The van der Waals surface area contributed by atoms with Crippen LogP contribution < -0.4 is 10.6 Å². The van der Waals surface area contributed by atoms with Gasteiger partial charge >= 0.3 is 6.09 Å². The predicted molar refractivity (Wildman–Crippen MR) is 143 cm³/mol. The highest BCUT2D eigenvalue weighted by molar-refractivity contribution is 7.89. The molecule has 214 valence electrons. The summed E-state index contributed by atoms with van der Waals surface area (Å²) in [5.41, 5.74) is 1.45. The molecular weight excluding hydrogens is 526 g/mol. The van der Waals surface area contributed by atoms with E-state index in [1.54, 1.807) is 33.0 Å². The molecular formula is C27H37N3O8S. The second-order valence-corrected chi connectivity index (χ2v) is 11.7. The molecule has 1 amide bonds. The standard InChI is InChI=1S/C27H37N3O8S/c1-18(2)38-30(39(33,34)21-11-7-10-20(15-21)28-3)16-24(31)23(14-19-8-5-4-6-9-19)29-27(32)37-25-17-36-26-22(25)12-13-35-26/h4-11,15,18,22-26,28,31H,12-14,16-17H2,1-3H3,(H,29,32)/t22-,23-,24+,25-,26+/m0/s1. The summed E-state index contributed by atoms with van der Waals surface area (Å²) in [6.45, 7) is 3.74. The van der Waals surface area contributed by atoms with E-state index < -0.39 is 47.0 Å². The third kappa shape index (κ3) is 7.47. The first-order valence-corrected chi connectivity index (χ1v) is 14.5. The highest BCUT2D eigenvalue weighted by atomic mass is 32.2. The molecule has 0 saturated carbocycles. The lowest BCUT2D eigenvalue weighted by Crippen LogP contribution is -2.51. The minimum absolute atomic E-state index is 0.00347. The van der Waals surface area contributed by atoms with Crippen molar-refractivity contribution >= 4 is 21.8 Å². The number of carbonyl (C=O) groups excluding carboxylic acids is 1. The van der Waals surface area contributed by atoms with Gasteiger partial charge in [0.1, 0.15) is 6.10 Å². The van der Waals surface area contributed by atoms with Gasteiger partial charge in [-0.15, -0.1) is 0 Å². The molecule has 0 aromatic heterocycles. The number of hydrogen-bond donors (Lipinski definition) is 3. The molecule has 0 aliphatic carbocycles. The maximum absolute atomic E-state index is 13.5. The van der Waals surface area contributed by atoms with Crippen molar-refractivity contribution in [3.05, 3.63) is 60.2 Å². The second kappa shape index (κ2) is 13.1. The predicted octanol–water partition coefficient (Wildman–Crippen LogP) is 2.52. The molecule has 0 radical (unpaired) electrons. The molecule has 2 aliphatic rings. The number of aliphatic hydroxyl groups is 1. The molecule has 5 atom stereocenters. The third-order valence-corrected chi connectivity index (χ3v) is 8.28. The van der Waals surface area contributed by atoms with E-state index in [-0.39, 0.29) is 30.1 Å². The molecule has 12 heteroatoms. The van der Waals surface area contributed by atoms with E-state index in [4.69, 9.17) is 19.0 Å². The topological polar surface area (TPSA) is 136 Å². The number of rotatable bonds is 12. The maximum Gasteiger partial charge on any atom is 0.407 e. The van der Waals surface area contributed by atoms with Gasteiger partial charge in [0, 0.05) is 12.7 Å². The van der Waals surface area contributed by atoms with Gasteiger partial charge in [0.05, 0.1) is 48.8 Å². The van der Waals surface area contributed by atoms with E-state index in [0.717, 1.165) is 16.5 Å². The summed E-state index contributed by atoms with van der Waals surface area (Å²) in [5, 5.41) is 17.0. The Morgan fingerprint density at radius 3 is 2.64 bits per heavy atom. The zero-order valence-corrected chi connectivity index (χ0v) is 23.2. The number of carbonyl (C=O) groups is 1. The molecule has 0 spiro atoms. The number of benzene rings is 2. The molecule has 2 saturated heterocycles. The number of nitrogens with zero attached hydrogens (tertiary/aromatic N) is 1. The van der Waals surface area contributed by atoms with Gasteiger partial charge in [-0.3, -0.25) is 4.84 Å². The van der Waals surface area contributed by atoms with Crippen molar-refractivity contribution in [2.45, 2.75) is 62.2 Å². The van der Waals surface area contributed by atoms with Crippen molar-refractivity contribution in [1.82, 2.24) is 9.79 Å². The lowest BCUT2D eigenvalue weighted by atomic mass is 10.0. The van der Waals surface area contributed by atoms with Crippen molar-refractivity contribution in [3.63, 3.8) is 0 Å². The molecule has 2 fully saturated rings. The Bertz CT molecular complexity index is 1200. The number of amides is 1. The number of alkyl carbamates (subject to hydrolysis) is 1. The number of ether oxygens (including phenoxy) is 3. The van der Waals surface area contributed by atoms with Crippen LogP contribution in [0.3, 0.4) is 0 Å². The van der Waals surface area contributed by atoms with Crippen molar-refractivity contribution in [2.75, 3.05) is 32.1 Å². The number of nitrogens with one attached hydrogen (secondary N) is 2. The Morgan fingerprint density at radius 1 is 1.15 bits per heavy atom. The number of hydroxylamine groups is 1. The fourth-order valence-electron chi connectivity index (χ4n) is 4.66. The van der Waals surface area contributed by atoms with Gasteiger partial charge in [0.15, 0.2) is 6.29 Å². The Balaban J connectivity index is 1.52. The van der Waals surface area contributed by atoms with Crippen LogP contribution in [0.2, 0.25) is 0 Å². The second-order valence-electron chi connectivity index (χ2n) is 9.90. The summed E-state index contributed by atoms with van der Waals surface area (Å²) in [7, 11) is -2.46. The number of sulfonamides is 1. The molecule has 39 heavy (non-hydrogen) atoms. The molecule has 4 rings (SSSR count). The number of hydrogen-bond acceptors (Lipinski definition) is 9. The summed E-state index contributed by atoms with van der Waals surface area (Å²) in [6.07, 6.45) is -2.42. The van der Waals surface area contributed by atoms with E-state index in [1.165, 1.54) is 12.1 Å². The molecule has 2 heterocycles. The summed E-state index contributed by atoms with van der Waals surface area (Å²) < 4.78 is 44.5. The first-order chi connectivity index (χ1) is 18.7. The zero-order chi connectivity index (χ0) is 28.0. The van der Waals surface area contributed by atoms with Crippen LogP contribution >= 0.6 is 0 Å². The first-order valence-electron chi connectivity index (χ1n) is 13.1. The normalized spacial score (nSPS) is 22.5. The molecule has 0 unspecified atom stereocenters. The first kappa shape index (κ1) is 29.2. The van der Waals surface area contributed by atoms with E-state index in [1.807, 2.05) is 30.3 Å². The van der Waals surface area contributed by atoms with E-state index in [2.05, 4.69) is 10.6 Å². The molecule has 2 aromatic carbocycles. The number of anilines is 1. The summed E-state index contributed by atoms with van der Waals surface area (Å²) in [5.74, 6) is -0.0401. The van der Waals surface area contributed by atoms with Crippen molar-refractivity contribution < 1.29 is 37.4 Å². The fourth-order valence-corrected chi connectivity index (χ4v) is 6.06. The van der Waals surface area contributed by atoms with Crippen LogP contribution in [0.25, 0.3) is 0 Å². The van der Waals surface area contributed by atoms with Crippen molar-refractivity contribution in [1.29, 1.82) is 0 Å². The van der Waals surface area contributed by atoms with Crippen LogP contribution in [-0.4, -0.2) is 81.5 Å². The van der Waals surface area contributed by atoms with E-state index >= 15 is 0 Å². The largest absolute Gasteiger partial charge is 0.443 e. The Morgan fingerprint density at radius 2 is 1.92 bits per heavy atom. The average molecular weight is 564 g/mol. The van der Waals surface area contributed by atoms with E-state index in [0.29, 0.717) is 12.3 Å². The highest BCUT2D eigenvalue weighted by Crippen LogP contribution is 2.33. The fraction of sp³-hybridized carbons (Fsp3) is 0.519. The monoisotopic (exact) mass is 563 g/mol. The number of aliphatic hydroxyl groups excluding tert-OH is 1. The van der Waals surface area contributed by atoms with Gasteiger partial charge in [-0.25, -0.2) is 13.2 Å². The van der Waals surface area contributed by atoms with Gasteiger partial charge in [0.2, 0.25) is 0 Å². The van der Waals surface area contributed by atoms with Crippen molar-refractivity contribution in [2.24, 2.45) is 5.92 Å². The third-order valence-electron chi connectivity index (χ3n) is 6.66. The minimum Gasteiger partial charge on any atom is -0.443 e. The molecule has 3 N–H and O–H groups in total. The smallest absolute Gasteiger partial charge is 0.407 e. The van der Waals surface area contributed by atoms with E-state index in [9.17, 15) is 18.3 Å². The van der Waals surface area contributed by atoms with Crippen LogP contribution in [0.5, 0.6) is 0 Å². The maximum atomic E-state index is 13.5. The molecule has 0 bridgehead atoms. The average Bonchev–Trinajstić information content (AvgIpc) is 3.53. The number of fused-ring (bicyclic) bond motifs is 1. The van der Waals surface area contributed by atoms with Crippen LogP contribution in [0.4, 0.5) is 10.5 Å². The van der Waals surface area contributed by atoms with Gasteiger partial charge in [-0.2, -0.15) is 0 Å². The Labute approximate surface area is 229 Å². The molecule has 2 aromatic rings. The highest BCUT2D eigenvalue weighted by Gasteiger charge is 2.44. The summed E-state index contributed by atoms with van der Waals surface area (Å²) in [4.78, 5) is 18.6. The molecule has 2 aliphatic heterocycles. The lowest BCUT2D eigenvalue weighted by molar-refractivity contribution is -0.136. The van der Waals surface area contributed by atoms with Gasteiger partial charge in [-0.1, -0.05) is 40.9 Å². The van der Waals surface area contributed by atoms with Gasteiger partial charge in [-0.05, 0) is 50.5 Å². The SMILES string of the molecule is CNc1cccc(S(=O)(=O)N(C[C@@H](O)[C@H](Cc2ccccc2)NC(=O)O[C@H]2CO[C@H]3OCC[C@H]32)OC(C)C)c1. The summed E-state index contributed by atoms with van der Waals surface area (Å²) >= 11 is 0. The van der Waals surface area contributed by atoms with Crippen LogP contribution in [0.15, 0.2) is 59.5 Å². The molecule has 11 nitrogen and oxygen atoms in total. The van der Waals surface area contributed by atoms with Crippen LogP contribution in [-0.2, 0) is 35.5 Å². The Kier molecular flexibility index (Phi) is 9.81. The van der Waals surface area contributed by atoms with Gasteiger partial charge in [0.25, 0.3) is 10.0 Å². The lowest BCUT2D eigenvalue weighted by Gasteiger charge is -2.30. The van der Waals surface area contributed by atoms with Crippen molar-refractivity contribution in [3.8, 4) is 0 Å². The zero-order valence-electron chi connectivity index (χ0n) is 22.4. The quantitative estimate of drug-likeness (QED) is 0.333. The Hall–Kier alpha value is -2.74.